The van der Waals surface area contributed by atoms with Gasteiger partial charge in [-0.05, 0) is 56.9 Å². The third-order valence-corrected chi connectivity index (χ3v) is 5.64. The van der Waals surface area contributed by atoms with Crippen LogP contribution in [0.15, 0.2) is 24.3 Å². The van der Waals surface area contributed by atoms with Crippen LogP contribution in [0.1, 0.15) is 76.3 Å². The van der Waals surface area contributed by atoms with Crippen LogP contribution in [0.4, 0.5) is 4.79 Å². The van der Waals surface area contributed by atoms with Crippen LogP contribution in [-0.4, -0.2) is 23.7 Å². The number of benzene rings is 1. The first kappa shape index (κ1) is 19.2. The van der Waals surface area contributed by atoms with E-state index in [-0.39, 0.29) is 6.61 Å². The SMILES string of the molecule is CCCC1CCC(c2ccc([C@@]3(OC(=O)O)COC(C)(C)O3)cc2)CC1. The molecule has 1 aliphatic carbocycles. The Morgan fingerprint density at radius 1 is 1.19 bits per heavy atom. The Labute approximate surface area is 155 Å². The van der Waals surface area contributed by atoms with E-state index < -0.39 is 17.7 Å². The average molecular weight is 362 g/mol. The van der Waals surface area contributed by atoms with Crippen LogP contribution in [0.2, 0.25) is 0 Å². The van der Waals surface area contributed by atoms with Gasteiger partial charge in [0.25, 0.3) is 5.79 Å². The Balaban J connectivity index is 1.73. The van der Waals surface area contributed by atoms with Gasteiger partial charge in [0.2, 0.25) is 0 Å². The molecule has 1 atom stereocenters. The summed E-state index contributed by atoms with van der Waals surface area (Å²) in [5.74, 6) is -0.807. The van der Waals surface area contributed by atoms with Gasteiger partial charge in [-0.1, -0.05) is 44.0 Å². The van der Waals surface area contributed by atoms with E-state index in [0.717, 1.165) is 5.92 Å². The summed E-state index contributed by atoms with van der Waals surface area (Å²) in [6.07, 6.45) is 6.31. The molecule has 1 aromatic rings. The smallest absolute Gasteiger partial charge is 0.450 e. The molecule has 0 spiro atoms. The lowest BCUT2D eigenvalue weighted by Crippen LogP contribution is -2.36. The molecule has 1 aliphatic heterocycles. The van der Waals surface area contributed by atoms with Gasteiger partial charge < -0.3 is 19.3 Å². The molecule has 5 heteroatoms. The van der Waals surface area contributed by atoms with Crippen LogP contribution in [-0.2, 0) is 20.0 Å². The Morgan fingerprint density at radius 3 is 2.35 bits per heavy atom. The van der Waals surface area contributed by atoms with Gasteiger partial charge in [0.15, 0.2) is 5.79 Å². The lowest BCUT2D eigenvalue weighted by molar-refractivity contribution is -0.240. The highest BCUT2D eigenvalue weighted by Crippen LogP contribution is 2.42. The van der Waals surface area contributed by atoms with Crippen molar-refractivity contribution >= 4 is 6.16 Å². The molecule has 0 bridgehead atoms. The third kappa shape index (κ3) is 4.21. The van der Waals surface area contributed by atoms with Crippen molar-refractivity contribution in [2.45, 2.75) is 76.8 Å². The van der Waals surface area contributed by atoms with E-state index in [0.29, 0.717) is 11.5 Å². The van der Waals surface area contributed by atoms with E-state index in [2.05, 4.69) is 19.1 Å². The fourth-order valence-corrected chi connectivity index (χ4v) is 4.32. The van der Waals surface area contributed by atoms with Gasteiger partial charge in [-0.15, -0.1) is 0 Å². The maximum Gasteiger partial charge on any atom is 0.508 e. The molecule has 0 aromatic heterocycles. The Hall–Kier alpha value is -1.59. The second-order valence-corrected chi connectivity index (χ2v) is 8.04. The summed E-state index contributed by atoms with van der Waals surface area (Å²) in [6.45, 7) is 5.82. The van der Waals surface area contributed by atoms with Gasteiger partial charge in [-0.2, -0.15) is 0 Å². The van der Waals surface area contributed by atoms with Crippen molar-refractivity contribution in [1.29, 1.82) is 0 Å². The highest BCUT2D eigenvalue weighted by atomic mass is 16.9. The fraction of sp³-hybridized carbons (Fsp3) is 0.667. The van der Waals surface area contributed by atoms with E-state index in [1.54, 1.807) is 13.8 Å². The number of carbonyl (C=O) groups is 1. The van der Waals surface area contributed by atoms with E-state index in [4.69, 9.17) is 19.3 Å². The molecule has 144 valence electrons. The van der Waals surface area contributed by atoms with Crippen molar-refractivity contribution in [3.8, 4) is 0 Å². The second-order valence-electron chi connectivity index (χ2n) is 8.04. The summed E-state index contributed by atoms with van der Waals surface area (Å²) in [5, 5.41) is 9.14. The highest BCUT2D eigenvalue weighted by Gasteiger charge is 2.50. The molecule has 2 fully saturated rings. The molecule has 0 amide bonds. The standard InChI is InChI=1S/C21H30O5/c1-4-5-15-6-8-16(9-7-15)17-10-12-18(13-11-17)21(25-19(22)23)14-24-20(2,3)26-21/h10-13,15-16H,4-9,14H2,1-3H3,(H,22,23)/t15?,16?,21-/m1/s1. The fourth-order valence-electron chi connectivity index (χ4n) is 4.32. The second kappa shape index (κ2) is 7.57. The number of hydrogen-bond acceptors (Lipinski definition) is 4. The predicted molar refractivity (Wildman–Crippen MR) is 98.0 cm³/mol. The normalized spacial score (nSPS) is 30.9. The maximum atomic E-state index is 11.2. The minimum atomic E-state index is -1.40. The first-order valence-electron chi connectivity index (χ1n) is 9.70. The van der Waals surface area contributed by atoms with Crippen molar-refractivity contribution in [2.24, 2.45) is 5.92 Å². The zero-order valence-electron chi connectivity index (χ0n) is 16.0. The van der Waals surface area contributed by atoms with Gasteiger partial charge in [-0.3, -0.25) is 0 Å². The number of carboxylic acid groups (broad SMARTS) is 1. The largest absolute Gasteiger partial charge is 0.508 e. The molecule has 0 radical (unpaired) electrons. The molecule has 1 saturated carbocycles. The van der Waals surface area contributed by atoms with Gasteiger partial charge in [0.1, 0.15) is 6.61 Å². The Kier molecular flexibility index (Phi) is 5.58. The molecule has 1 saturated heterocycles. The summed E-state index contributed by atoms with van der Waals surface area (Å²) < 4.78 is 16.5. The zero-order valence-corrected chi connectivity index (χ0v) is 16.0. The molecule has 26 heavy (non-hydrogen) atoms. The molecule has 2 aliphatic rings. The third-order valence-electron chi connectivity index (χ3n) is 5.64. The van der Waals surface area contributed by atoms with E-state index in [1.807, 2.05) is 12.1 Å². The van der Waals surface area contributed by atoms with Crippen LogP contribution in [0.3, 0.4) is 0 Å². The molecule has 5 nitrogen and oxygen atoms in total. The predicted octanol–water partition coefficient (Wildman–Crippen LogP) is 5.39. The molecule has 3 rings (SSSR count). The van der Waals surface area contributed by atoms with Crippen molar-refractivity contribution in [3.05, 3.63) is 35.4 Å². The molecule has 1 N–H and O–H groups in total. The lowest BCUT2D eigenvalue weighted by atomic mass is 9.77. The number of rotatable bonds is 5. The molecule has 1 aromatic carbocycles. The van der Waals surface area contributed by atoms with Crippen molar-refractivity contribution < 1.29 is 24.1 Å². The van der Waals surface area contributed by atoms with E-state index in [1.165, 1.54) is 44.1 Å². The van der Waals surface area contributed by atoms with E-state index in [9.17, 15) is 4.79 Å². The van der Waals surface area contributed by atoms with Gasteiger partial charge in [0.05, 0.1) is 0 Å². The minimum Gasteiger partial charge on any atom is -0.450 e. The summed E-state index contributed by atoms with van der Waals surface area (Å²) in [7, 11) is 0. The zero-order chi connectivity index (χ0) is 18.8. The Morgan fingerprint density at radius 2 is 1.85 bits per heavy atom. The lowest BCUT2D eigenvalue weighted by Gasteiger charge is -2.30. The first-order valence-corrected chi connectivity index (χ1v) is 9.70. The number of hydrogen-bond donors (Lipinski definition) is 1. The van der Waals surface area contributed by atoms with Crippen LogP contribution in [0.5, 0.6) is 0 Å². The molecule has 0 unspecified atom stereocenters. The van der Waals surface area contributed by atoms with Crippen molar-refractivity contribution in [3.63, 3.8) is 0 Å². The average Bonchev–Trinajstić information content (AvgIpc) is 2.91. The van der Waals surface area contributed by atoms with E-state index >= 15 is 0 Å². The molecular formula is C21H30O5. The summed E-state index contributed by atoms with van der Waals surface area (Å²) in [5.41, 5.74) is 1.99. The van der Waals surface area contributed by atoms with Gasteiger partial charge >= 0.3 is 6.16 Å². The maximum absolute atomic E-state index is 11.2. The van der Waals surface area contributed by atoms with Crippen LogP contribution >= 0.6 is 0 Å². The van der Waals surface area contributed by atoms with Crippen LogP contribution < -0.4 is 0 Å². The first-order chi connectivity index (χ1) is 12.3. The summed E-state index contributed by atoms with van der Waals surface area (Å²) in [4.78, 5) is 11.2. The van der Waals surface area contributed by atoms with Crippen molar-refractivity contribution in [2.75, 3.05) is 6.61 Å². The van der Waals surface area contributed by atoms with Crippen LogP contribution in [0, 0.1) is 5.92 Å². The van der Waals surface area contributed by atoms with Gasteiger partial charge in [0, 0.05) is 5.56 Å². The molecule has 1 heterocycles. The quantitative estimate of drug-likeness (QED) is 0.711. The number of ether oxygens (including phenoxy) is 3. The van der Waals surface area contributed by atoms with Crippen molar-refractivity contribution in [1.82, 2.24) is 0 Å². The van der Waals surface area contributed by atoms with Crippen LogP contribution in [0.25, 0.3) is 0 Å². The minimum absolute atomic E-state index is 0.0494. The summed E-state index contributed by atoms with van der Waals surface area (Å²) in [6, 6.07) is 8.01. The summed E-state index contributed by atoms with van der Waals surface area (Å²) >= 11 is 0. The molecular weight excluding hydrogens is 332 g/mol. The topological polar surface area (TPSA) is 65.0 Å². The Bertz CT molecular complexity index is 616. The monoisotopic (exact) mass is 362 g/mol. The van der Waals surface area contributed by atoms with Gasteiger partial charge in [-0.25, -0.2) is 4.79 Å². The highest BCUT2D eigenvalue weighted by molar-refractivity contribution is 5.58.